The molecule has 26 heteroatoms. The Morgan fingerprint density at radius 1 is 0.892 bits per heavy atom. The number of carbonyl (C=O) groups excluding carboxylic acids is 9. The summed E-state index contributed by atoms with van der Waals surface area (Å²) in [6, 6.07) is -7.23. The first kappa shape index (κ1) is 50.5. The zero-order valence-electron chi connectivity index (χ0n) is 35.5. The van der Waals surface area contributed by atoms with Crippen LogP contribution in [0, 0.1) is 15.4 Å². The fraction of sp³-hybridized carbons (Fsp3) is 0.564. The zero-order valence-corrected chi connectivity index (χ0v) is 38.4. The Labute approximate surface area is 387 Å². The number of rotatable bonds is 7. The van der Waals surface area contributed by atoms with E-state index in [0.717, 1.165) is 4.90 Å². The summed E-state index contributed by atoms with van der Waals surface area (Å²) in [5, 5.41) is 59.2. The molecule has 2 aromatic rings. The Hall–Kier alpha value is -5.45. The molecule has 0 aliphatic carbocycles. The van der Waals surface area contributed by atoms with Gasteiger partial charge in [0.2, 0.25) is 53.2 Å². The minimum absolute atomic E-state index is 0.0827. The van der Waals surface area contributed by atoms with Crippen LogP contribution in [0.3, 0.4) is 0 Å². The van der Waals surface area contributed by atoms with Crippen molar-refractivity contribution in [2.24, 2.45) is 17.6 Å². The SMILES string of the molecule is CCC(C)C1NC(=O)CNC(=O)C2Cc3c([nH]c4c(I)c(O)ccc34)S(=O)CC(NC(=O)CNC1=O)C(=O)NC(CC(N)=O)C(=O)N1CC(O)CC1C(=O)NC(C(C)C(O)CO)C(=O)N2. The summed E-state index contributed by atoms with van der Waals surface area (Å²) in [6.07, 6.45) is -4.44. The Morgan fingerprint density at radius 2 is 1.55 bits per heavy atom. The number of phenols is 1. The molecule has 356 valence electrons. The highest BCUT2D eigenvalue weighted by Crippen LogP contribution is 2.34. The Kier molecular flexibility index (Phi) is 16.9. The van der Waals surface area contributed by atoms with Gasteiger partial charge in [-0.25, -0.2) is 0 Å². The van der Waals surface area contributed by atoms with Crippen LogP contribution in [0.15, 0.2) is 17.2 Å². The van der Waals surface area contributed by atoms with Gasteiger partial charge in [-0.1, -0.05) is 27.2 Å². The van der Waals surface area contributed by atoms with E-state index in [-0.39, 0.29) is 30.8 Å². The fourth-order valence-corrected chi connectivity index (χ4v) is 9.73. The number of fused-ring (bicyclic) bond motifs is 5. The van der Waals surface area contributed by atoms with Crippen molar-refractivity contribution in [3.8, 4) is 5.75 Å². The highest BCUT2D eigenvalue weighted by Gasteiger charge is 2.45. The molecule has 0 saturated carbocycles. The summed E-state index contributed by atoms with van der Waals surface area (Å²) in [5.41, 5.74) is 5.77. The van der Waals surface area contributed by atoms with Gasteiger partial charge in [-0.15, -0.1) is 0 Å². The quantitative estimate of drug-likeness (QED) is 0.115. The highest BCUT2D eigenvalue weighted by atomic mass is 127. The number of aliphatic hydroxyl groups excluding tert-OH is 3. The summed E-state index contributed by atoms with van der Waals surface area (Å²) in [5.74, 6) is -12.0. The number of aliphatic hydroxyl groups is 3. The number of aromatic nitrogens is 1. The van der Waals surface area contributed by atoms with Crippen LogP contribution in [-0.4, -0.2) is 168 Å². The van der Waals surface area contributed by atoms with Crippen molar-refractivity contribution in [1.29, 1.82) is 0 Å². The van der Waals surface area contributed by atoms with Crippen molar-refractivity contribution in [2.75, 3.05) is 32.0 Å². The van der Waals surface area contributed by atoms with Gasteiger partial charge in [-0.2, -0.15) is 0 Å². The molecule has 0 spiro atoms. The number of primary amides is 1. The average Bonchev–Trinajstić information content (AvgIpc) is 3.84. The zero-order chi connectivity index (χ0) is 48.0. The number of carbonyl (C=O) groups is 9. The van der Waals surface area contributed by atoms with Crippen LogP contribution in [0.5, 0.6) is 5.75 Å². The number of aromatic hydroxyl groups is 1. The summed E-state index contributed by atoms with van der Waals surface area (Å²) >= 11 is 1.81. The molecule has 1 aromatic heterocycles. The van der Waals surface area contributed by atoms with Crippen molar-refractivity contribution in [1.82, 2.24) is 47.1 Å². The van der Waals surface area contributed by atoms with E-state index >= 15 is 0 Å². The molecular weight excluding hydrogens is 991 g/mol. The molecular formula is C39H53IN10O14S. The van der Waals surface area contributed by atoms with Crippen molar-refractivity contribution in [2.45, 2.75) is 99.9 Å². The van der Waals surface area contributed by atoms with Crippen molar-refractivity contribution in [3.63, 3.8) is 0 Å². The lowest BCUT2D eigenvalue weighted by Gasteiger charge is -2.32. The van der Waals surface area contributed by atoms with Crippen molar-refractivity contribution < 1.29 is 67.8 Å². The molecule has 11 atom stereocenters. The minimum Gasteiger partial charge on any atom is -0.507 e. The molecule has 65 heavy (non-hydrogen) atoms. The maximum Gasteiger partial charge on any atom is 0.246 e. The number of halogens is 1. The van der Waals surface area contributed by atoms with Gasteiger partial charge in [0.1, 0.15) is 47.0 Å². The maximum absolute atomic E-state index is 14.7. The third kappa shape index (κ3) is 11.9. The number of nitrogens with one attached hydrogen (secondary N) is 8. The second-order valence-electron chi connectivity index (χ2n) is 16.2. The first-order chi connectivity index (χ1) is 30.6. The van der Waals surface area contributed by atoms with Gasteiger partial charge in [0.15, 0.2) is 0 Å². The molecule has 3 aliphatic heterocycles. The number of hydrogen-bond donors (Lipinski definition) is 13. The summed E-state index contributed by atoms with van der Waals surface area (Å²) in [6.45, 7) is 1.75. The summed E-state index contributed by atoms with van der Waals surface area (Å²) in [7, 11) is -2.39. The second-order valence-corrected chi connectivity index (χ2v) is 18.8. The molecule has 1 fully saturated rings. The van der Waals surface area contributed by atoms with Crippen LogP contribution in [0.4, 0.5) is 0 Å². The number of phenolic OH excluding ortho intramolecular Hbond substituents is 1. The molecule has 5 rings (SSSR count). The predicted molar refractivity (Wildman–Crippen MR) is 235 cm³/mol. The van der Waals surface area contributed by atoms with Crippen molar-refractivity contribution >= 4 is 97.5 Å². The van der Waals surface area contributed by atoms with E-state index in [1.54, 1.807) is 36.4 Å². The Balaban J connectivity index is 1.75. The topological polar surface area (TPSA) is 381 Å². The normalized spacial score (nSPS) is 28.3. The average molecular weight is 1040 g/mol. The molecule has 14 N–H and O–H groups in total. The lowest BCUT2D eigenvalue weighted by atomic mass is 9.93. The van der Waals surface area contributed by atoms with E-state index in [2.05, 4.69) is 42.2 Å². The van der Waals surface area contributed by atoms with E-state index in [0.29, 0.717) is 6.42 Å². The maximum atomic E-state index is 14.7. The van der Waals surface area contributed by atoms with Crippen LogP contribution < -0.4 is 43.0 Å². The molecule has 4 heterocycles. The van der Waals surface area contributed by atoms with Gasteiger partial charge < -0.3 is 73.3 Å². The Morgan fingerprint density at radius 3 is 2.20 bits per heavy atom. The van der Waals surface area contributed by atoms with Crippen LogP contribution in [-0.2, 0) is 60.4 Å². The molecule has 11 unspecified atom stereocenters. The first-order valence-electron chi connectivity index (χ1n) is 20.7. The number of aromatic amines is 1. The van der Waals surface area contributed by atoms with Gasteiger partial charge in [0, 0.05) is 30.7 Å². The van der Waals surface area contributed by atoms with Crippen LogP contribution in [0.1, 0.15) is 45.6 Å². The monoisotopic (exact) mass is 1040 g/mol. The van der Waals surface area contributed by atoms with Gasteiger partial charge in [0.05, 0.1) is 64.0 Å². The number of benzene rings is 1. The number of hydrogen-bond acceptors (Lipinski definition) is 14. The van der Waals surface area contributed by atoms with Gasteiger partial charge in [-0.05, 0) is 46.2 Å². The molecule has 1 saturated heterocycles. The van der Waals surface area contributed by atoms with E-state index in [9.17, 15) is 67.8 Å². The van der Waals surface area contributed by atoms with Gasteiger partial charge in [-0.3, -0.25) is 47.4 Å². The third-order valence-electron chi connectivity index (χ3n) is 11.6. The second kappa shape index (κ2) is 21.7. The molecule has 1 aromatic carbocycles. The standard InChI is InChI=1S/C39H53IN10O14S/c1-4-15(2)30-36(61)43-10-27(56)44-22-14-65(64)38-19(18-5-6-24(53)29(40)32(18)49-38)8-20(33(58)42-11-28(57)47-30)45-37(62)31(16(3)25(54)13-51)48-35(60)23-7-17(52)12-50(23)39(63)21(9-26(41)55)46-34(22)59/h5-6,15-17,20-23,25,30-31,49,51-54H,4,7-14H2,1-3H3,(H2,41,55)(H,42,58)(H,43,61)(H,44,56)(H,45,62)(H,46,59)(H,47,57)(H,48,60). The van der Waals surface area contributed by atoms with E-state index in [1.165, 1.54) is 19.1 Å². The van der Waals surface area contributed by atoms with E-state index in [1.807, 2.05) is 0 Å². The number of nitrogens with zero attached hydrogens (tertiary/aromatic N) is 1. The number of H-pyrrole nitrogens is 1. The smallest absolute Gasteiger partial charge is 0.246 e. The van der Waals surface area contributed by atoms with Crippen LogP contribution in [0.2, 0.25) is 0 Å². The lowest BCUT2D eigenvalue weighted by molar-refractivity contribution is -0.144. The van der Waals surface area contributed by atoms with Gasteiger partial charge in [0.25, 0.3) is 0 Å². The number of nitrogens with two attached hydrogens (primary N) is 1. The fourth-order valence-electron chi connectivity index (χ4n) is 7.73. The summed E-state index contributed by atoms with van der Waals surface area (Å²) < 4.78 is 14.9. The van der Waals surface area contributed by atoms with Crippen LogP contribution in [0.25, 0.3) is 10.9 Å². The minimum atomic E-state index is -2.39. The Bertz CT molecular complexity index is 2260. The number of amides is 9. The van der Waals surface area contributed by atoms with E-state index < -0.39 is 176 Å². The molecule has 2 bridgehead atoms. The van der Waals surface area contributed by atoms with E-state index in [4.69, 9.17) is 5.73 Å². The predicted octanol–water partition coefficient (Wildman–Crippen LogP) is -5.32. The van der Waals surface area contributed by atoms with Gasteiger partial charge >= 0.3 is 0 Å². The van der Waals surface area contributed by atoms with Crippen molar-refractivity contribution in [3.05, 3.63) is 21.3 Å². The third-order valence-corrected chi connectivity index (χ3v) is 14.2. The molecule has 3 aliphatic rings. The molecule has 24 nitrogen and oxygen atoms in total. The summed E-state index contributed by atoms with van der Waals surface area (Å²) in [4.78, 5) is 128. The molecule has 9 amide bonds. The van der Waals surface area contributed by atoms with Crippen LogP contribution >= 0.6 is 22.6 Å². The lowest BCUT2D eigenvalue weighted by Crippen LogP contribution is -2.62. The molecule has 0 radical (unpaired) electrons. The first-order valence-corrected chi connectivity index (χ1v) is 23.1. The largest absolute Gasteiger partial charge is 0.507 e. The highest BCUT2D eigenvalue weighted by molar-refractivity contribution is 14.1.